The first-order valence-corrected chi connectivity index (χ1v) is 11.4. The van der Waals surface area contributed by atoms with Crippen molar-refractivity contribution >= 4 is 38.7 Å². The molecule has 0 spiro atoms. The summed E-state index contributed by atoms with van der Waals surface area (Å²) < 4.78 is 14.8. The molecule has 9 heteroatoms. The van der Waals surface area contributed by atoms with E-state index in [0.29, 0.717) is 11.4 Å². The number of hydrogen-bond acceptors (Lipinski definition) is 6. The Morgan fingerprint density at radius 3 is 2.90 bits per heavy atom. The number of halogens is 1. The molecule has 2 atom stereocenters. The predicted octanol–water partition coefficient (Wildman–Crippen LogP) is 4.77. The van der Waals surface area contributed by atoms with Gasteiger partial charge in [0, 0.05) is 25.1 Å². The van der Waals surface area contributed by atoms with E-state index in [4.69, 9.17) is 9.47 Å². The van der Waals surface area contributed by atoms with Gasteiger partial charge in [-0.2, -0.15) is 4.98 Å². The maximum atomic E-state index is 12.2. The summed E-state index contributed by atoms with van der Waals surface area (Å²) in [6, 6.07) is 4.23. The van der Waals surface area contributed by atoms with E-state index in [0.717, 1.165) is 60.0 Å². The molecule has 2 aromatic heterocycles. The zero-order chi connectivity index (χ0) is 21.5. The van der Waals surface area contributed by atoms with Crippen molar-refractivity contribution < 1.29 is 14.3 Å². The number of amides is 1. The van der Waals surface area contributed by atoms with Gasteiger partial charge in [-0.3, -0.25) is 4.79 Å². The number of carbonyl (C=O) groups excluding carboxylic acids is 1. The van der Waals surface area contributed by atoms with Crippen LogP contribution in [0.5, 0.6) is 11.8 Å². The fraction of sp³-hybridized carbons (Fsp3) is 0.455. The summed E-state index contributed by atoms with van der Waals surface area (Å²) in [4.78, 5) is 27.5. The number of benzene rings is 1. The van der Waals surface area contributed by atoms with Crippen LogP contribution in [0, 0.1) is 0 Å². The monoisotopic (exact) mass is 485 g/mol. The highest BCUT2D eigenvalue weighted by Gasteiger charge is 2.30. The lowest BCUT2D eigenvalue weighted by molar-refractivity contribution is -0.117. The molecule has 0 N–H and O–H groups in total. The Balaban J connectivity index is 1.48. The van der Waals surface area contributed by atoms with Gasteiger partial charge < -0.3 is 18.9 Å². The number of imidazole rings is 1. The van der Waals surface area contributed by atoms with Crippen molar-refractivity contribution in [3.8, 4) is 11.8 Å². The molecule has 1 amide bonds. The quantitative estimate of drug-likeness (QED) is 0.531. The molecule has 1 fully saturated rings. The molecule has 3 aromatic rings. The summed E-state index contributed by atoms with van der Waals surface area (Å²) in [5.41, 5.74) is 3.25. The van der Waals surface area contributed by atoms with Gasteiger partial charge >= 0.3 is 6.01 Å². The first kappa shape index (κ1) is 20.4. The largest absolute Gasteiger partial charge is 0.423 e. The van der Waals surface area contributed by atoms with Crippen LogP contribution < -0.4 is 9.64 Å². The number of fused-ring (bicyclic) bond motifs is 2. The predicted molar refractivity (Wildman–Crippen MR) is 119 cm³/mol. The zero-order valence-corrected chi connectivity index (χ0v) is 19.1. The fourth-order valence-electron chi connectivity index (χ4n) is 4.49. The van der Waals surface area contributed by atoms with E-state index in [1.165, 1.54) is 0 Å². The third-order valence-corrected chi connectivity index (χ3v) is 6.63. The van der Waals surface area contributed by atoms with Crippen molar-refractivity contribution in [3.05, 3.63) is 34.7 Å². The Morgan fingerprint density at radius 1 is 1.26 bits per heavy atom. The van der Waals surface area contributed by atoms with E-state index in [-0.39, 0.29) is 24.2 Å². The van der Waals surface area contributed by atoms with Gasteiger partial charge in [-0.1, -0.05) is 0 Å². The summed E-state index contributed by atoms with van der Waals surface area (Å²) in [6.07, 6.45) is 8.32. The second-order valence-electron chi connectivity index (χ2n) is 8.09. The molecule has 8 nitrogen and oxygen atoms in total. The van der Waals surface area contributed by atoms with Gasteiger partial charge in [-0.25, -0.2) is 9.97 Å². The number of anilines is 1. The lowest BCUT2D eigenvalue weighted by atomic mass is 9.95. The summed E-state index contributed by atoms with van der Waals surface area (Å²) in [7, 11) is 0. The van der Waals surface area contributed by atoms with Gasteiger partial charge in [0.15, 0.2) is 11.4 Å². The smallest absolute Gasteiger partial charge is 0.324 e. The molecule has 162 valence electrons. The SMILES string of the molecule is CC(=O)N1c2ccc(Br)c(Oc3ncc4c(ncn4C4CCCCO4)n3)c2CCC1C. The minimum absolute atomic E-state index is 0.0230. The molecule has 31 heavy (non-hydrogen) atoms. The van der Waals surface area contributed by atoms with Crippen LogP contribution in [0.1, 0.15) is 51.3 Å². The number of ether oxygens (including phenoxy) is 2. The van der Waals surface area contributed by atoms with Crippen molar-refractivity contribution in [3.63, 3.8) is 0 Å². The summed E-state index contributed by atoms with van der Waals surface area (Å²) in [6.45, 7) is 4.42. The van der Waals surface area contributed by atoms with E-state index in [1.807, 2.05) is 21.6 Å². The zero-order valence-electron chi connectivity index (χ0n) is 17.5. The lowest BCUT2D eigenvalue weighted by Crippen LogP contribution is -2.40. The van der Waals surface area contributed by atoms with Crippen molar-refractivity contribution in [2.24, 2.45) is 0 Å². The highest BCUT2D eigenvalue weighted by molar-refractivity contribution is 9.10. The van der Waals surface area contributed by atoms with Crippen molar-refractivity contribution in [1.29, 1.82) is 0 Å². The van der Waals surface area contributed by atoms with Crippen LogP contribution in [0.2, 0.25) is 0 Å². The van der Waals surface area contributed by atoms with Crippen LogP contribution in [0.4, 0.5) is 5.69 Å². The van der Waals surface area contributed by atoms with Crippen molar-refractivity contribution in [2.75, 3.05) is 11.5 Å². The summed E-state index contributed by atoms with van der Waals surface area (Å²) in [5, 5.41) is 0. The number of nitrogens with zero attached hydrogens (tertiary/aromatic N) is 5. The molecular weight excluding hydrogens is 462 g/mol. The fourth-order valence-corrected chi connectivity index (χ4v) is 4.94. The topological polar surface area (TPSA) is 82.4 Å². The van der Waals surface area contributed by atoms with Gasteiger partial charge in [0.25, 0.3) is 0 Å². The van der Waals surface area contributed by atoms with Crippen LogP contribution in [-0.2, 0) is 16.0 Å². The third-order valence-electron chi connectivity index (χ3n) is 6.01. The van der Waals surface area contributed by atoms with Gasteiger partial charge in [-0.15, -0.1) is 0 Å². The lowest BCUT2D eigenvalue weighted by Gasteiger charge is -2.35. The maximum absolute atomic E-state index is 12.2. The van der Waals surface area contributed by atoms with Gasteiger partial charge in [-0.05, 0) is 67.1 Å². The molecule has 0 aliphatic carbocycles. The minimum atomic E-state index is -0.0241. The summed E-state index contributed by atoms with van der Waals surface area (Å²) in [5.74, 6) is 0.667. The number of carbonyl (C=O) groups is 1. The highest BCUT2D eigenvalue weighted by atomic mass is 79.9. The Labute approximate surface area is 188 Å². The van der Waals surface area contributed by atoms with Crippen molar-refractivity contribution in [1.82, 2.24) is 19.5 Å². The average Bonchev–Trinajstić information content (AvgIpc) is 3.19. The van der Waals surface area contributed by atoms with E-state index in [9.17, 15) is 4.79 Å². The second-order valence-corrected chi connectivity index (χ2v) is 8.94. The van der Waals surface area contributed by atoms with E-state index >= 15 is 0 Å². The molecule has 0 saturated carbocycles. The normalized spacial score (nSPS) is 21.2. The first-order valence-electron chi connectivity index (χ1n) is 10.6. The average molecular weight is 486 g/mol. The Hall–Kier alpha value is -2.52. The molecule has 2 unspecified atom stereocenters. The molecule has 4 heterocycles. The van der Waals surface area contributed by atoms with E-state index < -0.39 is 0 Å². The van der Waals surface area contributed by atoms with Crippen LogP contribution in [-0.4, -0.2) is 38.1 Å². The molecule has 1 aromatic carbocycles. The number of hydrogen-bond donors (Lipinski definition) is 0. The molecular formula is C22H24BrN5O3. The standard InChI is InChI=1S/C22H24BrN5O3/c1-13-6-7-15-17(28(13)14(2)29)9-8-16(23)20(15)31-22-24-11-18-21(26-22)25-12-27(18)19-5-3-4-10-30-19/h8-9,11-13,19H,3-7,10H2,1-2H3. The molecule has 1 saturated heterocycles. The second kappa shape index (κ2) is 8.20. The van der Waals surface area contributed by atoms with Gasteiger partial charge in [0.2, 0.25) is 5.91 Å². The van der Waals surface area contributed by atoms with Gasteiger partial charge in [0.1, 0.15) is 11.7 Å². The van der Waals surface area contributed by atoms with Gasteiger partial charge in [0.05, 0.1) is 22.7 Å². The van der Waals surface area contributed by atoms with E-state index in [1.54, 1.807) is 19.4 Å². The molecule has 2 aliphatic rings. The first-order chi connectivity index (χ1) is 15.0. The number of aromatic nitrogens is 4. The number of rotatable bonds is 3. The van der Waals surface area contributed by atoms with E-state index in [2.05, 4.69) is 37.8 Å². The van der Waals surface area contributed by atoms with Crippen LogP contribution >= 0.6 is 15.9 Å². The Morgan fingerprint density at radius 2 is 2.13 bits per heavy atom. The highest BCUT2D eigenvalue weighted by Crippen LogP contribution is 2.42. The maximum Gasteiger partial charge on any atom is 0.324 e. The van der Waals surface area contributed by atoms with Crippen LogP contribution in [0.15, 0.2) is 29.1 Å². The van der Waals surface area contributed by atoms with Crippen LogP contribution in [0.3, 0.4) is 0 Å². The van der Waals surface area contributed by atoms with Crippen LogP contribution in [0.25, 0.3) is 11.2 Å². The molecule has 0 radical (unpaired) electrons. The Bertz CT molecular complexity index is 1140. The van der Waals surface area contributed by atoms with Crippen molar-refractivity contribution in [2.45, 2.75) is 58.2 Å². The third kappa shape index (κ3) is 3.70. The Kier molecular flexibility index (Phi) is 5.39. The summed E-state index contributed by atoms with van der Waals surface area (Å²) >= 11 is 3.59. The molecule has 2 aliphatic heterocycles. The minimum Gasteiger partial charge on any atom is -0.423 e. The molecule has 0 bridgehead atoms. The molecule has 5 rings (SSSR count).